The number of carbonyl (C=O) groups is 1. The number of hydrogen-bond donors (Lipinski definition) is 1. The maximum Gasteiger partial charge on any atom is 0.169 e. The van der Waals surface area contributed by atoms with Gasteiger partial charge in [-0.25, -0.2) is 0 Å². The first-order chi connectivity index (χ1) is 12.6. The number of fused-ring (bicyclic) bond motifs is 1. The van der Waals surface area contributed by atoms with Crippen LogP contribution in [-0.2, 0) is 13.0 Å². The molecule has 0 atom stereocenters. The summed E-state index contributed by atoms with van der Waals surface area (Å²) in [7, 11) is 1.65. The summed E-state index contributed by atoms with van der Waals surface area (Å²) < 4.78 is 11.1. The molecule has 0 aromatic heterocycles. The Morgan fingerprint density at radius 3 is 2.46 bits per heavy atom. The highest BCUT2D eigenvalue weighted by Gasteiger charge is 2.47. The number of aliphatic hydroxyl groups is 1. The summed E-state index contributed by atoms with van der Waals surface area (Å²) in [6.07, 6.45) is 3.56. The fourth-order valence-electron chi connectivity index (χ4n) is 4.19. The molecule has 2 aromatic rings. The van der Waals surface area contributed by atoms with Crippen LogP contribution in [0.25, 0.3) is 0 Å². The van der Waals surface area contributed by atoms with Crippen molar-refractivity contribution in [2.75, 3.05) is 7.11 Å². The number of methoxy groups -OCH3 is 1. The maximum atomic E-state index is 13.0. The molecular formula is C22H24O4. The average molecular weight is 352 g/mol. The van der Waals surface area contributed by atoms with Gasteiger partial charge in [-0.2, -0.15) is 0 Å². The fourth-order valence-corrected chi connectivity index (χ4v) is 4.19. The number of ketones is 1. The highest BCUT2D eigenvalue weighted by atomic mass is 16.5. The van der Waals surface area contributed by atoms with Crippen LogP contribution in [0.15, 0.2) is 42.5 Å². The second kappa shape index (κ2) is 6.76. The topological polar surface area (TPSA) is 55.8 Å². The highest BCUT2D eigenvalue weighted by molar-refractivity contribution is 6.05. The first-order valence-electron chi connectivity index (χ1n) is 9.21. The summed E-state index contributed by atoms with van der Waals surface area (Å²) in [5.41, 5.74) is 2.67. The zero-order valence-electron chi connectivity index (χ0n) is 15.0. The smallest absolute Gasteiger partial charge is 0.169 e. The largest absolute Gasteiger partial charge is 0.497 e. The number of hydrogen-bond acceptors (Lipinski definition) is 4. The van der Waals surface area contributed by atoms with Gasteiger partial charge in [-0.3, -0.25) is 4.79 Å². The molecule has 2 aromatic carbocycles. The zero-order chi connectivity index (χ0) is 18.1. The van der Waals surface area contributed by atoms with Crippen molar-refractivity contribution in [2.24, 2.45) is 5.41 Å². The SMILES string of the molecule is COc1ccc(COc2ccc3c(c2)C(=O)C2(CCC(O)CC2)C3)cc1. The molecule has 4 heteroatoms. The van der Waals surface area contributed by atoms with Crippen LogP contribution in [0.5, 0.6) is 11.5 Å². The van der Waals surface area contributed by atoms with Gasteiger partial charge < -0.3 is 14.6 Å². The van der Waals surface area contributed by atoms with Crippen LogP contribution in [-0.4, -0.2) is 24.1 Å². The molecule has 0 bridgehead atoms. The Hall–Kier alpha value is -2.33. The van der Waals surface area contributed by atoms with E-state index in [-0.39, 0.29) is 17.3 Å². The zero-order valence-corrected chi connectivity index (χ0v) is 15.0. The maximum absolute atomic E-state index is 13.0. The summed E-state index contributed by atoms with van der Waals surface area (Å²) in [5, 5.41) is 9.77. The summed E-state index contributed by atoms with van der Waals surface area (Å²) in [5.74, 6) is 1.77. The number of rotatable bonds is 4. The van der Waals surface area contributed by atoms with Gasteiger partial charge in [-0.15, -0.1) is 0 Å². The third kappa shape index (κ3) is 3.10. The van der Waals surface area contributed by atoms with Crippen LogP contribution < -0.4 is 9.47 Å². The number of aliphatic hydroxyl groups excluding tert-OH is 1. The molecule has 4 nitrogen and oxygen atoms in total. The summed E-state index contributed by atoms with van der Waals surface area (Å²) in [4.78, 5) is 13.0. The van der Waals surface area contributed by atoms with E-state index >= 15 is 0 Å². The monoisotopic (exact) mass is 352 g/mol. The van der Waals surface area contributed by atoms with E-state index in [9.17, 15) is 9.90 Å². The second-order valence-corrected chi connectivity index (χ2v) is 7.47. The van der Waals surface area contributed by atoms with Gasteiger partial charge in [-0.05, 0) is 67.5 Å². The van der Waals surface area contributed by atoms with E-state index in [4.69, 9.17) is 9.47 Å². The summed E-state index contributed by atoms with van der Waals surface area (Å²) in [6, 6.07) is 13.6. The molecule has 1 spiro atoms. The second-order valence-electron chi connectivity index (χ2n) is 7.47. The lowest BCUT2D eigenvalue weighted by Crippen LogP contribution is -2.34. The Bertz CT molecular complexity index is 801. The van der Waals surface area contributed by atoms with Crippen molar-refractivity contribution in [1.29, 1.82) is 0 Å². The van der Waals surface area contributed by atoms with Crippen LogP contribution in [0, 0.1) is 5.41 Å². The van der Waals surface area contributed by atoms with Crippen molar-refractivity contribution in [1.82, 2.24) is 0 Å². The Balaban J connectivity index is 1.47. The number of Topliss-reactive ketones (excluding diaryl/α,β-unsaturated/α-hetero) is 1. The molecule has 2 aliphatic carbocycles. The predicted molar refractivity (Wildman–Crippen MR) is 98.7 cm³/mol. The van der Waals surface area contributed by atoms with Gasteiger partial charge >= 0.3 is 0 Å². The van der Waals surface area contributed by atoms with Gasteiger partial charge in [0.15, 0.2) is 5.78 Å². The fraction of sp³-hybridized carbons (Fsp3) is 0.409. The summed E-state index contributed by atoms with van der Waals surface area (Å²) in [6.45, 7) is 0.453. The molecular weight excluding hydrogens is 328 g/mol. The average Bonchev–Trinajstić information content (AvgIpc) is 2.95. The first-order valence-corrected chi connectivity index (χ1v) is 9.21. The Morgan fingerprint density at radius 2 is 1.77 bits per heavy atom. The predicted octanol–water partition coefficient (Wildman–Crippen LogP) is 3.93. The van der Waals surface area contributed by atoms with E-state index in [2.05, 4.69) is 0 Å². The summed E-state index contributed by atoms with van der Waals surface area (Å²) >= 11 is 0. The lowest BCUT2D eigenvalue weighted by molar-refractivity contribution is 0.0513. The highest BCUT2D eigenvalue weighted by Crippen LogP contribution is 2.47. The van der Waals surface area contributed by atoms with Crippen LogP contribution >= 0.6 is 0 Å². The number of carbonyl (C=O) groups excluding carboxylic acids is 1. The van der Waals surface area contributed by atoms with Crippen molar-refractivity contribution >= 4 is 5.78 Å². The van der Waals surface area contributed by atoms with Crippen molar-refractivity contribution in [3.63, 3.8) is 0 Å². The minimum absolute atomic E-state index is 0.231. The molecule has 1 fully saturated rings. The molecule has 0 unspecified atom stereocenters. The van der Waals surface area contributed by atoms with E-state index in [0.29, 0.717) is 6.61 Å². The Labute approximate surface area is 153 Å². The van der Waals surface area contributed by atoms with Crippen molar-refractivity contribution < 1.29 is 19.4 Å². The van der Waals surface area contributed by atoms with Gasteiger partial charge in [0.2, 0.25) is 0 Å². The molecule has 136 valence electrons. The van der Waals surface area contributed by atoms with Crippen molar-refractivity contribution in [3.8, 4) is 11.5 Å². The lowest BCUT2D eigenvalue weighted by Gasteiger charge is -2.33. The molecule has 4 rings (SSSR count). The Kier molecular flexibility index (Phi) is 4.45. The van der Waals surface area contributed by atoms with E-state index < -0.39 is 0 Å². The number of ether oxygens (including phenoxy) is 2. The molecule has 1 N–H and O–H groups in total. The third-order valence-corrected chi connectivity index (χ3v) is 5.81. The molecule has 26 heavy (non-hydrogen) atoms. The van der Waals surface area contributed by atoms with Gasteiger partial charge in [-0.1, -0.05) is 18.2 Å². The standard InChI is InChI=1S/C22H24O4/c1-25-18-5-2-15(3-6-18)14-26-19-7-4-16-13-22(21(24)20(16)12-19)10-8-17(23)9-11-22/h2-7,12,17,23H,8-11,13-14H2,1H3. The van der Waals surface area contributed by atoms with Crippen LogP contribution in [0.2, 0.25) is 0 Å². The molecule has 1 saturated carbocycles. The molecule has 0 saturated heterocycles. The molecule has 0 heterocycles. The lowest BCUT2D eigenvalue weighted by atomic mass is 9.70. The third-order valence-electron chi connectivity index (χ3n) is 5.81. The molecule has 0 radical (unpaired) electrons. The number of benzene rings is 2. The molecule has 2 aliphatic rings. The van der Waals surface area contributed by atoms with Crippen LogP contribution in [0.1, 0.15) is 47.2 Å². The van der Waals surface area contributed by atoms with Gasteiger partial charge in [0, 0.05) is 11.0 Å². The molecule has 0 aliphatic heterocycles. The van der Waals surface area contributed by atoms with E-state index in [1.807, 2.05) is 42.5 Å². The van der Waals surface area contributed by atoms with Crippen molar-refractivity contribution in [3.05, 3.63) is 59.2 Å². The van der Waals surface area contributed by atoms with Gasteiger partial charge in [0.25, 0.3) is 0 Å². The van der Waals surface area contributed by atoms with Gasteiger partial charge in [0.1, 0.15) is 18.1 Å². The quantitative estimate of drug-likeness (QED) is 0.906. The minimum Gasteiger partial charge on any atom is -0.497 e. The van der Waals surface area contributed by atoms with E-state index in [1.54, 1.807) is 7.11 Å². The van der Waals surface area contributed by atoms with E-state index in [1.165, 1.54) is 0 Å². The van der Waals surface area contributed by atoms with Crippen LogP contribution in [0.3, 0.4) is 0 Å². The molecule has 0 amide bonds. The Morgan fingerprint density at radius 1 is 1.08 bits per heavy atom. The minimum atomic E-state index is -0.295. The van der Waals surface area contributed by atoms with Gasteiger partial charge in [0.05, 0.1) is 13.2 Å². The first kappa shape index (κ1) is 17.1. The van der Waals surface area contributed by atoms with Crippen LogP contribution in [0.4, 0.5) is 0 Å². The normalized spacial score (nSPS) is 24.5. The van der Waals surface area contributed by atoms with Crippen molar-refractivity contribution in [2.45, 2.75) is 44.8 Å². The van der Waals surface area contributed by atoms with E-state index in [0.717, 1.165) is 60.3 Å².